The fourth-order valence-corrected chi connectivity index (χ4v) is 3.54. The molecule has 0 spiro atoms. The molecule has 1 atom stereocenters. The van der Waals surface area contributed by atoms with Crippen molar-refractivity contribution in [1.82, 2.24) is 10.2 Å². The van der Waals surface area contributed by atoms with Crippen molar-refractivity contribution >= 4 is 11.8 Å². The van der Waals surface area contributed by atoms with E-state index in [9.17, 15) is 0 Å². The van der Waals surface area contributed by atoms with Gasteiger partial charge in [-0.3, -0.25) is 4.90 Å². The van der Waals surface area contributed by atoms with Gasteiger partial charge in [0, 0.05) is 42.2 Å². The van der Waals surface area contributed by atoms with Crippen molar-refractivity contribution in [3.63, 3.8) is 0 Å². The highest BCUT2D eigenvalue weighted by Gasteiger charge is 2.22. The quantitative estimate of drug-likeness (QED) is 0.886. The van der Waals surface area contributed by atoms with Gasteiger partial charge in [-0.25, -0.2) is 0 Å². The van der Waals surface area contributed by atoms with Gasteiger partial charge < -0.3 is 9.73 Å². The first-order chi connectivity index (χ1) is 8.81. The van der Waals surface area contributed by atoms with Crippen LogP contribution < -0.4 is 5.32 Å². The zero-order chi connectivity index (χ0) is 12.4. The molecule has 1 saturated carbocycles. The zero-order valence-electron chi connectivity index (χ0n) is 11.0. The monoisotopic (exact) mass is 266 g/mol. The lowest BCUT2D eigenvalue weighted by atomic mass is 10.2. The lowest BCUT2D eigenvalue weighted by Crippen LogP contribution is -2.36. The summed E-state index contributed by atoms with van der Waals surface area (Å²) in [5, 5.41) is 4.29. The number of hydrogen-bond acceptors (Lipinski definition) is 4. The Hall–Kier alpha value is -0.450. The fourth-order valence-electron chi connectivity index (χ4n) is 2.46. The Morgan fingerprint density at radius 1 is 1.50 bits per heavy atom. The fraction of sp³-hybridized carbons (Fsp3) is 0.714. The maximum atomic E-state index is 5.62. The molecule has 18 heavy (non-hydrogen) atoms. The van der Waals surface area contributed by atoms with Gasteiger partial charge in [-0.2, -0.15) is 11.8 Å². The third-order valence-corrected chi connectivity index (χ3v) is 4.82. The Labute approximate surface area is 113 Å². The van der Waals surface area contributed by atoms with E-state index in [-0.39, 0.29) is 0 Å². The van der Waals surface area contributed by atoms with Gasteiger partial charge in [0.2, 0.25) is 0 Å². The third kappa shape index (κ3) is 3.31. The van der Waals surface area contributed by atoms with Crippen molar-refractivity contribution in [2.45, 2.75) is 44.1 Å². The summed E-state index contributed by atoms with van der Waals surface area (Å²) < 4.78 is 5.62. The standard InChI is InChI=1S/C14H22N2OS/c1-11-9-16(5-7-18-11)10-12-4-6-17-14(12)8-15-13-2-3-13/h4,6,11,13,15H,2-3,5,7-10H2,1H3. The molecule has 1 saturated heterocycles. The molecule has 1 N–H and O–H groups in total. The molecule has 100 valence electrons. The summed E-state index contributed by atoms with van der Waals surface area (Å²) >= 11 is 2.08. The molecule has 1 aliphatic carbocycles. The second-order valence-corrected chi connectivity index (χ2v) is 6.99. The maximum absolute atomic E-state index is 5.62. The molecule has 1 aromatic heterocycles. The number of hydrogen-bond donors (Lipinski definition) is 1. The first-order valence-corrected chi connectivity index (χ1v) is 7.99. The number of nitrogens with one attached hydrogen (secondary N) is 1. The predicted octanol–water partition coefficient (Wildman–Crippen LogP) is 2.47. The first kappa shape index (κ1) is 12.6. The Bertz CT molecular complexity index is 389. The lowest BCUT2D eigenvalue weighted by molar-refractivity contribution is 0.275. The first-order valence-electron chi connectivity index (χ1n) is 6.94. The van der Waals surface area contributed by atoms with Crippen molar-refractivity contribution in [2.24, 2.45) is 0 Å². The van der Waals surface area contributed by atoms with Crippen LogP contribution >= 0.6 is 11.8 Å². The lowest BCUT2D eigenvalue weighted by Gasteiger charge is -2.30. The third-order valence-electron chi connectivity index (χ3n) is 3.69. The summed E-state index contributed by atoms with van der Waals surface area (Å²) in [6.45, 7) is 6.66. The van der Waals surface area contributed by atoms with E-state index in [0.717, 1.165) is 30.1 Å². The maximum Gasteiger partial charge on any atom is 0.122 e. The van der Waals surface area contributed by atoms with Crippen molar-refractivity contribution in [2.75, 3.05) is 18.8 Å². The molecule has 0 amide bonds. The van der Waals surface area contributed by atoms with Crippen LogP contribution in [0.1, 0.15) is 31.1 Å². The highest BCUT2D eigenvalue weighted by Crippen LogP contribution is 2.23. The normalized spacial score (nSPS) is 25.5. The second kappa shape index (κ2) is 5.68. The highest BCUT2D eigenvalue weighted by molar-refractivity contribution is 7.99. The molecular weight excluding hydrogens is 244 g/mol. The van der Waals surface area contributed by atoms with E-state index in [0.29, 0.717) is 0 Å². The molecule has 4 heteroatoms. The Kier molecular flexibility index (Phi) is 3.97. The minimum atomic E-state index is 0.745. The molecule has 2 aliphatic rings. The Balaban J connectivity index is 1.55. The van der Waals surface area contributed by atoms with Crippen LogP contribution in [-0.4, -0.2) is 35.0 Å². The van der Waals surface area contributed by atoms with Crippen molar-refractivity contribution in [3.05, 3.63) is 23.7 Å². The van der Waals surface area contributed by atoms with Crippen molar-refractivity contribution in [3.8, 4) is 0 Å². The summed E-state index contributed by atoms with van der Waals surface area (Å²) in [6.07, 6.45) is 4.50. The van der Waals surface area contributed by atoms with Crippen LogP contribution in [-0.2, 0) is 13.1 Å². The summed E-state index contributed by atoms with van der Waals surface area (Å²) in [6, 6.07) is 2.88. The average molecular weight is 266 g/mol. The van der Waals surface area contributed by atoms with Gasteiger partial charge in [0.15, 0.2) is 0 Å². The minimum Gasteiger partial charge on any atom is -0.468 e. The Morgan fingerprint density at radius 2 is 2.39 bits per heavy atom. The van der Waals surface area contributed by atoms with Gasteiger partial charge in [0.25, 0.3) is 0 Å². The van der Waals surface area contributed by atoms with Crippen LogP contribution in [0.2, 0.25) is 0 Å². The van der Waals surface area contributed by atoms with E-state index in [2.05, 4.69) is 35.0 Å². The van der Waals surface area contributed by atoms with E-state index in [1.165, 1.54) is 37.2 Å². The molecule has 1 aliphatic heterocycles. The number of furan rings is 1. The van der Waals surface area contributed by atoms with Gasteiger partial charge in [0.05, 0.1) is 12.8 Å². The smallest absolute Gasteiger partial charge is 0.122 e. The summed E-state index contributed by atoms with van der Waals surface area (Å²) in [5.74, 6) is 2.39. The molecule has 2 heterocycles. The summed E-state index contributed by atoms with van der Waals surface area (Å²) in [5.41, 5.74) is 1.36. The Morgan fingerprint density at radius 3 is 3.17 bits per heavy atom. The number of rotatable bonds is 5. The topological polar surface area (TPSA) is 28.4 Å². The molecular formula is C14H22N2OS. The molecule has 0 radical (unpaired) electrons. The van der Waals surface area contributed by atoms with Crippen LogP contribution in [0.4, 0.5) is 0 Å². The zero-order valence-corrected chi connectivity index (χ0v) is 11.8. The molecule has 0 bridgehead atoms. The van der Waals surface area contributed by atoms with Gasteiger partial charge >= 0.3 is 0 Å². The van der Waals surface area contributed by atoms with E-state index in [4.69, 9.17) is 4.42 Å². The molecule has 3 rings (SSSR count). The number of thioether (sulfide) groups is 1. The predicted molar refractivity (Wildman–Crippen MR) is 75.8 cm³/mol. The molecule has 3 nitrogen and oxygen atoms in total. The highest BCUT2D eigenvalue weighted by atomic mass is 32.2. The average Bonchev–Trinajstić information content (AvgIpc) is 3.08. The van der Waals surface area contributed by atoms with Crippen LogP contribution in [0.5, 0.6) is 0 Å². The van der Waals surface area contributed by atoms with Gasteiger partial charge in [0.1, 0.15) is 5.76 Å². The molecule has 2 fully saturated rings. The minimum absolute atomic E-state index is 0.745. The van der Waals surface area contributed by atoms with Gasteiger partial charge in [-0.15, -0.1) is 0 Å². The molecule has 0 aromatic carbocycles. The van der Waals surface area contributed by atoms with Gasteiger partial charge in [-0.1, -0.05) is 6.92 Å². The van der Waals surface area contributed by atoms with Crippen molar-refractivity contribution in [1.29, 1.82) is 0 Å². The summed E-state index contributed by atoms with van der Waals surface area (Å²) in [7, 11) is 0. The van der Waals surface area contributed by atoms with E-state index in [1.807, 2.05) is 6.26 Å². The van der Waals surface area contributed by atoms with E-state index >= 15 is 0 Å². The second-order valence-electron chi connectivity index (χ2n) is 5.44. The van der Waals surface area contributed by atoms with Crippen LogP contribution in [0.15, 0.2) is 16.7 Å². The SMILES string of the molecule is CC1CN(Cc2ccoc2CNC2CC2)CCS1. The molecule has 1 aromatic rings. The van der Waals surface area contributed by atoms with Gasteiger partial charge in [-0.05, 0) is 18.9 Å². The summed E-state index contributed by atoms with van der Waals surface area (Å²) in [4.78, 5) is 2.55. The van der Waals surface area contributed by atoms with Crippen LogP contribution in [0.25, 0.3) is 0 Å². The van der Waals surface area contributed by atoms with Crippen molar-refractivity contribution < 1.29 is 4.42 Å². The van der Waals surface area contributed by atoms with E-state index in [1.54, 1.807) is 0 Å². The van der Waals surface area contributed by atoms with E-state index < -0.39 is 0 Å². The largest absolute Gasteiger partial charge is 0.468 e. The molecule has 1 unspecified atom stereocenters. The van der Waals surface area contributed by atoms with Crippen LogP contribution in [0, 0.1) is 0 Å². The van der Waals surface area contributed by atoms with Crippen LogP contribution in [0.3, 0.4) is 0 Å². The number of nitrogens with zero attached hydrogens (tertiary/aromatic N) is 1.